The van der Waals surface area contributed by atoms with Crippen LogP contribution in [-0.4, -0.2) is 154 Å². The monoisotopic (exact) mass is 624 g/mol. The highest BCUT2D eigenvalue weighted by atomic mass is 16.7. The molecule has 0 bridgehead atoms. The molecule has 0 aromatic rings. The van der Waals surface area contributed by atoms with E-state index in [1.54, 1.807) is 0 Å². The van der Waals surface area contributed by atoms with E-state index in [0.717, 1.165) is 64.2 Å². The first-order valence-corrected chi connectivity index (χ1v) is 15.8. The van der Waals surface area contributed by atoms with Crippen LogP contribution in [0.4, 0.5) is 0 Å². The normalized spacial score (nSPS) is 38.8. The fourth-order valence-corrected chi connectivity index (χ4v) is 6.23. The van der Waals surface area contributed by atoms with E-state index in [-0.39, 0.29) is 38.6 Å². The highest BCUT2D eigenvalue weighted by molar-refractivity contribution is 4.92. The molecule has 2 aliphatic carbocycles. The van der Waals surface area contributed by atoms with E-state index >= 15 is 0 Å². The summed E-state index contributed by atoms with van der Waals surface area (Å²) < 4.78 is 35.9. The molecule has 2 heterocycles. The Labute approximate surface area is 252 Å². The van der Waals surface area contributed by atoms with Gasteiger partial charge in [-0.2, -0.15) is 0 Å². The summed E-state index contributed by atoms with van der Waals surface area (Å²) in [5, 5.41) is 81.4. The van der Waals surface area contributed by atoms with Crippen molar-refractivity contribution >= 4 is 0 Å². The molecule has 252 valence electrons. The molecule has 2 saturated heterocycles. The topological polar surface area (TPSA) is 217 Å². The van der Waals surface area contributed by atoms with Crippen LogP contribution in [0.5, 0.6) is 0 Å². The maximum atomic E-state index is 10.6. The van der Waals surface area contributed by atoms with Crippen molar-refractivity contribution in [3.05, 3.63) is 0 Å². The van der Waals surface area contributed by atoms with Crippen LogP contribution in [0, 0.1) is 5.41 Å². The second kappa shape index (κ2) is 16.8. The summed E-state index contributed by atoms with van der Waals surface area (Å²) in [7, 11) is 0. The predicted molar refractivity (Wildman–Crippen MR) is 148 cm³/mol. The van der Waals surface area contributed by atoms with Crippen molar-refractivity contribution in [2.45, 2.75) is 138 Å². The van der Waals surface area contributed by atoms with E-state index in [2.05, 4.69) is 0 Å². The molecule has 2 aliphatic heterocycles. The lowest BCUT2D eigenvalue weighted by atomic mass is 9.90. The summed E-state index contributed by atoms with van der Waals surface area (Å²) in [6.45, 7) is -1.37. The third-order valence-electron chi connectivity index (χ3n) is 9.16. The first kappa shape index (κ1) is 35.3. The molecule has 2 saturated carbocycles. The molecule has 0 aromatic carbocycles. The Kier molecular flexibility index (Phi) is 13.8. The van der Waals surface area contributed by atoms with Crippen molar-refractivity contribution < 1.29 is 69.3 Å². The third-order valence-corrected chi connectivity index (χ3v) is 9.16. The van der Waals surface area contributed by atoms with Gasteiger partial charge in [0, 0.05) is 0 Å². The number of hydrogen-bond acceptors (Lipinski definition) is 14. The second-order valence-corrected chi connectivity index (χ2v) is 12.7. The van der Waals surface area contributed by atoms with Crippen molar-refractivity contribution in [1.82, 2.24) is 0 Å². The Balaban J connectivity index is 1.53. The predicted octanol–water partition coefficient (Wildman–Crippen LogP) is -1.70. The quantitative estimate of drug-likeness (QED) is 0.108. The van der Waals surface area contributed by atoms with Gasteiger partial charge in [0.15, 0.2) is 12.6 Å². The SMILES string of the molecule is OCC1OC(OCC(COC2CCCCC2)(COC2CCCCC2)COC2OC(CO)C(O)C(O)C2O)C(O)C(O)C1O. The summed E-state index contributed by atoms with van der Waals surface area (Å²) in [5.41, 5.74) is -1.06. The summed E-state index contributed by atoms with van der Waals surface area (Å²) in [5.74, 6) is 0. The van der Waals surface area contributed by atoms with E-state index in [1.165, 1.54) is 0 Å². The fraction of sp³-hybridized carbons (Fsp3) is 1.00. The van der Waals surface area contributed by atoms with Crippen LogP contribution in [0.2, 0.25) is 0 Å². The molecule has 4 aliphatic rings. The van der Waals surface area contributed by atoms with E-state index in [0.29, 0.717) is 0 Å². The molecule has 0 spiro atoms. The molecule has 14 nitrogen and oxygen atoms in total. The van der Waals surface area contributed by atoms with Crippen molar-refractivity contribution in [3.8, 4) is 0 Å². The smallest absolute Gasteiger partial charge is 0.186 e. The molecule has 0 radical (unpaired) electrons. The molecule has 10 atom stereocenters. The standard InChI is InChI=1S/C29H52O14/c30-11-19-21(32)23(34)25(36)27(42-19)40-15-29(13-38-17-7-3-1-4-8-17,14-39-18-9-5-2-6-10-18)16-41-28-26(37)24(35)22(33)20(12-31)43-28/h17-28,30-37H,1-16H2. The van der Waals surface area contributed by atoms with Gasteiger partial charge < -0.3 is 69.3 Å². The van der Waals surface area contributed by atoms with Crippen molar-refractivity contribution in [1.29, 1.82) is 0 Å². The van der Waals surface area contributed by atoms with E-state index in [4.69, 9.17) is 28.4 Å². The molecule has 43 heavy (non-hydrogen) atoms. The second-order valence-electron chi connectivity index (χ2n) is 12.7. The van der Waals surface area contributed by atoms with Gasteiger partial charge in [0.2, 0.25) is 0 Å². The van der Waals surface area contributed by atoms with Crippen molar-refractivity contribution in [3.63, 3.8) is 0 Å². The number of rotatable bonds is 14. The number of aliphatic hydroxyl groups excluding tert-OH is 8. The summed E-state index contributed by atoms with van der Waals surface area (Å²) in [4.78, 5) is 0. The van der Waals surface area contributed by atoms with Gasteiger partial charge in [-0.3, -0.25) is 0 Å². The molecule has 8 N–H and O–H groups in total. The molecule has 0 amide bonds. The van der Waals surface area contributed by atoms with Gasteiger partial charge in [0.25, 0.3) is 0 Å². The van der Waals surface area contributed by atoms with Gasteiger partial charge >= 0.3 is 0 Å². The molecular weight excluding hydrogens is 572 g/mol. The Bertz CT molecular complexity index is 725. The van der Waals surface area contributed by atoms with Gasteiger partial charge in [-0.15, -0.1) is 0 Å². The molecule has 4 fully saturated rings. The minimum Gasteiger partial charge on any atom is -0.394 e. The van der Waals surface area contributed by atoms with E-state index in [9.17, 15) is 40.9 Å². The van der Waals surface area contributed by atoms with Crippen LogP contribution in [0.25, 0.3) is 0 Å². The molecule has 4 rings (SSSR count). The van der Waals surface area contributed by atoms with Crippen molar-refractivity contribution in [2.75, 3.05) is 39.6 Å². The molecule has 10 unspecified atom stereocenters. The Morgan fingerprint density at radius 2 is 0.814 bits per heavy atom. The Morgan fingerprint density at radius 3 is 1.16 bits per heavy atom. The Hall–Kier alpha value is -0.560. The highest BCUT2D eigenvalue weighted by Crippen LogP contribution is 2.32. The summed E-state index contributed by atoms with van der Waals surface area (Å²) >= 11 is 0. The lowest BCUT2D eigenvalue weighted by molar-refractivity contribution is -0.323. The fourth-order valence-electron chi connectivity index (χ4n) is 6.23. The maximum Gasteiger partial charge on any atom is 0.186 e. The lowest BCUT2D eigenvalue weighted by Crippen LogP contribution is -2.60. The van der Waals surface area contributed by atoms with Crippen LogP contribution >= 0.6 is 0 Å². The zero-order chi connectivity index (χ0) is 31.0. The maximum absolute atomic E-state index is 10.6. The summed E-state index contributed by atoms with van der Waals surface area (Å²) in [6.07, 6.45) is -4.64. The van der Waals surface area contributed by atoms with Gasteiger partial charge in [-0.1, -0.05) is 38.5 Å². The van der Waals surface area contributed by atoms with Gasteiger partial charge in [0.1, 0.15) is 48.8 Å². The van der Waals surface area contributed by atoms with Gasteiger partial charge in [-0.05, 0) is 25.7 Å². The van der Waals surface area contributed by atoms with E-state index in [1.807, 2.05) is 0 Å². The highest BCUT2D eigenvalue weighted by Gasteiger charge is 2.48. The van der Waals surface area contributed by atoms with Crippen LogP contribution < -0.4 is 0 Å². The number of hydrogen-bond donors (Lipinski definition) is 8. The average Bonchev–Trinajstić information content (AvgIpc) is 3.04. The minimum absolute atomic E-state index is 0.00215. The van der Waals surface area contributed by atoms with Crippen LogP contribution in [0.3, 0.4) is 0 Å². The van der Waals surface area contributed by atoms with Crippen LogP contribution in [0.1, 0.15) is 64.2 Å². The van der Waals surface area contributed by atoms with E-state index < -0.39 is 80.0 Å². The third kappa shape index (κ3) is 9.26. The first-order valence-electron chi connectivity index (χ1n) is 15.8. The lowest BCUT2D eigenvalue weighted by Gasteiger charge is -2.43. The zero-order valence-corrected chi connectivity index (χ0v) is 24.8. The largest absolute Gasteiger partial charge is 0.394 e. The first-order chi connectivity index (χ1) is 20.7. The number of ether oxygens (including phenoxy) is 6. The molecule has 0 aromatic heterocycles. The summed E-state index contributed by atoms with van der Waals surface area (Å²) in [6, 6.07) is 0. The van der Waals surface area contributed by atoms with Crippen molar-refractivity contribution in [2.24, 2.45) is 5.41 Å². The zero-order valence-electron chi connectivity index (χ0n) is 24.8. The van der Waals surface area contributed by atoms with Crippen LogP contribution in [0.15, 0.2) is 0 Å². The number of aliphatic hydroxyl groups is 8. The molecular formula is C29H52O14. The van der Waals surface area contributed by atoms with Gasteiger partial charge in [-0.25, -0.2) is 0 Å². The minimum atomic E-state index is -1.62. The Morgan fingerprint density at radius 1 is 0.465 bits per heavy atom. The van der Waals surface area contributed by atoms with Gasteiger partial charge in [0.05, 0.1) is 57.3 Å². The average molecular weight is 625 g/mol. The van der Waals surface area contributed by atoms with Crippen LogP contribution in [-0.2, 0) is 28.4 Å². The molecule has 14 heteroatoms.